The Balaban J connectivity index is 2.45. The molecule has 0 saturated carbocycles. The van der Waals surface area contributed by atoms with Crippen molar-refractivity contribution < 1.29 is 0 Å². The Morgan fingerprint density at radius 3 is 2.60 bits per heavy atom. The Hall–Kier alpha value is -1.04. The molecule has 1 aromatic carbocycles. The van der Waals surface area contributed by atoms with Crippen LogP contribution in [0.3, 0.4) is 0 Å². The van der Waals surface area contributed by atoms with Crippen LogP contribution in [0.5, 0.6) is 0 Å². The van der Waals surface area contributed by atoms with Crippen molar-refractivity contribution in [3.05, 3.63) is 41.0 Å². The minimum atomic E-state index is 1.23. The van der Waals surface area contributed by atoms with Gasteiger partial charge in [0, 0.05) is 0 Å². The number of aryl methyl sites for hydroxylation is 1. The first-order chi connectivity index (χ1) is 7.36. The van der Waals surface area contributed by atoms with Crippen LogP contribution in [0.4, 0.5) is 0 Å². The molecule has 0 amide bonds. The van der Waals surface area contributed by atoms with E-state index in [1.807, 2.05) is 0 Å². The van der Waals surface area contributed by atoms with E-state index < -0.39 is 0 Å². The molecule has 0 saturated heterocycles. The van der Waals surface area contributed by atoms with Crippen LogP contribution in [0.15, 0.2) is 29.8 Å². The van der Waals surface area contributed by atoms with Crippen LogP contribution in [0.25, 0.3) is 5.57 Å². The van der Waals surface area contributed by atoms with Gasteiger partial charge in [0.15, 0.2) is 0 Å². The second kappa shape index (κ2) is 4.65. The number of hydrogen-bond acceptors (Lipinski definition) is 0. The molecule has 0 atom stereocenters. The average Bonchev–Trinajstić information content (AvgIpc) is 2.30. The number of hydrogen-bond donors (Lipinski definition) is 0. The van der Waals surface area contributed by atoms with Crippen LogP contribution in [-0.2, 0) is 6.42 Å². The zero-order chi connectivity index (χ0) is 10.7. The molecule has 0 heterocycles. The van der Waals surface area contributed by atoms with Gasteiger partial charge in [0.05, 0.1) is 0 Å². The number of fused-ring (bicyclic) bond motifs is 1. The Kier molecular flexibility index (Phi) is 3.25. The van der Waals surface area contributed by atoms with E-state index in [9.17, 15) is 0 Å². The van der Waals surface area contributed by atoms with E-state index in [2.05, 4.69) is 38.1 Å². The summed E-state index contributed by atoms with van der Waals surface area (Å²) in [5.74, 6) is 0. The molecule has 0 fully saturated rings. The molecule has 1 aromatic rings. The zero-order valence-corrected chi connectivity index (χ0v) is 9.84. The maximum Gasteiger partial charge on any atom is -0.0193 e. The molecule has 0 aliphatic heterocycles. The van der Waals surface area contributed by atoms with Crippen LogP contribution >= 0.6 is 0 Å². The summed E-state index contributed by atoms with van der Waals surface area (Å²) in [6, 6.07) is 8.93. The van der Waals surface area contributed by atoms with E-state index in [1.54, 1.807) is 16.7 Å². The predicted octanol–water partition coefficient (Wildman–Crippen LogP) is 4.60. The first-order valence-electron chi connectivity index (χ1n) is 6.16. The highest BCUT2D eigenvalue weighted by Gasteiger charge is 2.16. The fraction of sp³-hybridized carbons (Fsp3) is 0.467. The van der Waals surface area contributed by atoms with Gasteiger partial charge in [0.2, 0.25) is 0 Å². The standard InChI is InChI=1S/C15H20/c1-3-7-14-12(4-2)10-11-13-8-5-6-9-15(13)14/h5-6,8-9H,3-4,7,10-11H2,1-2H3. The lowest BCUT2D eigenvalue weighted by Crippen LogP contribution is -2.04. The molecule has 0 unspecified atom stereocenters. The molecule has 0 bridgehead atoms. The van der Waals surface area contributed by atoms with E-state index in [0.29, 0.717) is 0 Å². The minimum Gasteiger partial charge on any atom is -0.0663 e. The lowest BCUT2D eigenvalue weighted by atomic mass is 9.83. The van der Waals surface area contributed by atoms with Gasteiger partial charge < -0.3 is 0 Å². The van der Waals surface area contributed by atoms with Gasteiger partial charge in [0.1, 0.15) is 0 Å². The molecule has 0 aromatic heterocycles. The van der Waals surface area contributed by atoms with Crippen molar-refractivity contribution >= 4 is 5.57 Å². The summed E-state index contributed by atoms with van der Waals surface area (Å²) in [5.41, 5.74) is 6.41. The van der Waals surface area contributed by atoms with Crippen LogP contribution in [0.2, 0.25) is 0 Å². The van der Waals surface area contributed by atoms with Gasteiger partial charge in [0.25, 0.3) is 0 Å². The lowest BCUT2D eigenvalue weighted by Gasteiger charge is -2.22. The summed E-state index contributed by atoms with van der Waals surface area (Å²) >= 11 is 0. The van der Waals surface area contributed by atoms with Gasteiger partial charge in [-0.2, -0.15) is 0 Å². The van der Waals surface area contributed by atoms with Crippen LogP contribution in [-0.4, -0.2) is 0 Å². The minimum absolute atomic E-state index is 1.23. The van der Waals surface area contributed by atoms with E-state index in [1.165, 1.54) is 37.7 Å². The van der Waals surface area contributed by atoms with Crippen molar-refractivity contribution in [2.45, 2.75) is 46.0 Å². The summed E-state index contributed by atoms with van der Waals surface area (Å²) in [6.07, 6.45) is 6.26. The molecule has 80 valence electrons. The molecule has 0 nitrogen and oxygen atoms in total. The summed E-state index contributed by atoms with van der Waals surface area (Å²) in [7, 11) is 0. The summed E-state index contributed by atoms with van der Waals surface area (Å²) < 4.78 is 0. The lowest BCUT2D eigenvalue weighted by molar-refractivity contribution is 0.839. The summed E-state index contributed by atoms with van der Waals surface area (Å²) in [5, 5.41) is 0. The van der Waals surface area contributed by atoms with Crippen LogP contribution < -0.4 is 0 Å². The highest BCUT2D eigenvalue weighted by Crippen LogP contribution is 2.35. The molecule has 0 N–H and O–H groups in total. The molecular formula is C15H20. The van der Waals surface area contributed by atoms with Gasteiger partial charge in [-0.25, -0.2) is 0 Å². The number of rotatable bonds is 3. The van der Waals surface area contributed by atoms with Crippen molar-refractivity contribution in [3.8, 4) is 0 Å². The quantitative estimate of drug-likeness (QED) is 0.669. The number of benzene rings is 1. The summed E-state index contributed by atoms with van der Waals surface area (Å²) in [4.78, 5) is 0. The van der Waals surface area contributed by atoms with Gasteiger partial charge >= 0.3 is 0 Å². The largest absolute Gasteiger partial charge is 0.0663 e. The average molecular weight is 200 g/mol. The summed E-state index contributed by atoms with van der Waals surface area (Å²) in [6.45, 7) is 4.57. The molecule has 0 heteroatoms. The van der Waals surface area contributed by atoms with E-state index >= 15 is 0 Å². The van der Waals surface area contributed by atoms with Crippen molar-refractivity contribution in [2.24, 2.45) is 0 Å². The topological polar surface area (TPSA) is 0 Å². The molecule has 0 spiro atoms. The van der Waals surface area contributed by atoms with E-state index in [-0.39, 0.29) is 0 Å². The van der Waals surface area contributed by atoms with Crippen molar-refractivity contribution in [2.75, 3.05) is 0 Å². The van der Waals surface area contributed by atoms with Gasteiger partial charge in [-0.1, -0.05) is 50.1 Å². The first-order valence-corrected chi connectivity index (χ1v) is 6.16. The highest BCUT2D eigenvalue weighted by atomic mass is 14.2. The van der Waals surface area contributed by atoms with Crippen LogP contribution in [0, 0.1) is 0 Å². The van der Waals surface area contributed by atoms with Crippen molar-refractivity contribution in [1.29, 1.82) is 0 Å². The Morgan fingerprint density at radius 1 is 1.07 bits per heavy atom. The second-order valence-electron chi connectivity index (χ2n) is 4.34. The van der Waals surface area contributed by atoms with E-state index in [4.69, 9.17) is 0 Å². The van der Waals surface area contributed by atoms with Gasteiger partial charge in [-0.3, -0.25) is 0 Å². The molecule has 1 aliphatic carbocycles. The molecule has 2 rings (SSSR count). The molecule has 0 radical (unpaired) electrons. The monoisotopic (exact) mass is 200 g/mol. The number of allylic oxidation sites excluding steroid dienone is 2. The predicted molar refractivity (Wildman–Crippen MR) is 66.9 cm³/mol. The van der Waals surface area contributed by atoms with Gasteiger partial charge in [-0.15, -0.1) is 0 Å². The van der Waals surface area contributed by atoms with Crippen molar-refractivity contribution in [1.82, 2.24) is 0 Å². The Bertz CT molecular complexity index is 371. The Labute approximate surface area is 93.0 Å². The molecular weight excluding hydrogens is 180 g/mol. The highest BCUT2D eigenvalue weighted by molar-refractivity contribution is 5.73. The zero-order valence-electron chi connectivity index (χ0n) is 9.84. The van der Waals surface area contributed by atoms with Gasteiger partial charge in [-0.05, 0) is 42.4 Å². The second-order valence-corrected chi connectivity index (χ2v) is 4.34. The van der Waals surface area contributed by atoms with Crippen molar-refractivity contribution in [3.63, 3.8) is 0 Å². The molecule has 15 heavy (non-hydrogen) atoms. The fourth-order valence-electron chi connectivity index (χ4n) is 2.61. The maximum atomic E-state index is 2.30. The maximum absolute atomic E-state index is 2.30. The Morgan fingerprint density at radius 2 is 1.87 bits per heavy atom. The third-order valence-electron chi connectivity index (χ3n) is 3.39. The normalized spacial score (nSPS) is 15.3. The SMILES string of the molecule is CCCC1=C(CC)CCc2ccccc21. The van der Waals surface area contributed by atoms with E-state index in [0.717, 1.165) is 0 Å². The molecule has 1 aliphatic rings. The third kappa shape index (κ3) is 1.99. The first kappa shape index (κ1) is 10.5. The smallest absolute Gasteiger partial charge is 0.0193 e. The fourth-order valence-corrected chi connectivity index (χ4v) is 2.61. The van der Waals surface area contributed by atoms with Crippen LogP contribution in [0.1, 0.15) is 50.7 Å². The third-order valence-corrected chi connectivity index (χ3v) is 3.39.